The number of allylic oxidation sites excluding steroid dienone is 1. The molecule has 0 radical (unpaired) electrons. The van der Waals surface area contributed by atoms with Crippen LogP contribution in [0, 0.1) is 0 Å². The molecule has 6 heteroatoms. The van der Waals surface area contributed by atoms with E-state index >= 15 is 0 Å². The number of methoxy groups -OCH3 is 1. The lowest BCUT2D eigenvalue weighted by Crippen LogP contribution is -2.60. The SMILES string of the molecule is CCCC[N+]1=c2c(cnc3c2=CC=CC3OC)C(=O)N(CC)C1=O. The maximum absolute atomic E-state index is 12.8. The highest BCUT2D eigenvalue weighted by molar-refractivity contribution is 6.06. The first-order valence-electron chi connectivity index (χ1n) is 8.34. The Morgan fingerprint density at radius 1 is 1.33 bits per heavy atom. The van der Waals surface area contributed by atoms with Crippen LogP contribution in [-0.4, -0.2) is 42.0 Å². The molecule has 1 aliphatic carbocycles. The first-order chi connectivity index (χ1) is 11.6. The predicted octanol–water partition coefficient (Wildman–Crippen LogP) is 1.01. The number of imide groups is 1. The zero-order valence-corrected chi connectivity index (χ0v) is 14.3. The highest BCUT2D eigenvalue weighted by atomic mass is 16.5. The first-order valence-corrected chi connectivity index (χ1v) is 8.34. The number of carbonyl (C=O) groups is 2. The summed E-state index contributed by atoms with van der Waals surface area (Å²) in [5.41, 5.74) is 1.22. The van der Waals surface area contributed by atoms with Crippen LogP contribution in [0.1, 0.15) is 48.8 Å². The summed E-state index contributed by atoms with van der Waals surface area (Å²) in [6.45, 7) is 4.81. The minimum absolute atomic E-state index is 0.256. The number of unbranched alkanes of at least 4 members (excludes halogenated alkanes) is 1. The third-order valence-electron chi connectivity index (χ3n) is 4.45. The van der Waals surface area contributed by atoms with Gasteiger partial charge in [-0.05, 0) is 25.5 Å². The second-order valence-corrected chi connectivity index (χ2v) is 5.86. The average Bonchev–Trinajstić information content (AvgIpc) is 2.61. The Hall–Kier alpha value is -2.34. The van der Waals surface area contributed by atoms with E-state index in [1.807, 2.05) is 18.2 Å². The molecule has 6 nitrogen and oxygen atoms in total. The van der Waals surface area contributed by atoms with Crippen LogP contribution in [0.2, 0.25) is 0 Å². The van der Waals surface area contributed by atoms with Crippen molar-refractivity contribution in [3.8, 4) is 0 Å². The highest BCUT2D eigenvalue weighted by Crippen LogP contribution is 2.15. The molecule has 1 atom stereocenters. The summed E-state index contributed by atoms with van der Waals surface area (Å²) in [4.78, 5) is 31.2. The lowest BCUT2D eigenvalue weighted by Gasteiger charge is -2.21. The van der Waals surface area contributed by atoms with Crippen LogP contribution < -0.4 is 15.2 Å². The van der Waals surface area contributed by atoms with E-state index in [0.29, 0.717) is 24.0 Å². The summed E-state index contributed by atoms with van der Waals surface area (Å²) >= 11 is 0. The van der Waals surface area contributed by atoms with Gasteiger partial charge >= 0.3 is 11.9 Å². The fraction of sp³-hybridized carbons (Fsp3) is 0.444. The second kappa shape index (κ2) is 6.65. The van der Waals surface area contributed by atoms with E-state index in [1.54, 1.807) is 24.8 Å². The molecule has 1 aromatic heterocycles. The van der Waals surface area contributed by atoms with Crippen LogP contribution in [0.15, 0.2) is 18.3 Å². The van der Waals surface area contributed by atoms with Crippen molar-refractivity contribution >= 4 is 18.0 Å². The van der Waals surface area contributed by atoms with Crippen molar-refractivity contribution in [2.75, 3.05) is 20.2 Å². The first kappa shape index (κ1) is 16.5. The zero-order chi connectivity index (χ0) is 17.3. The number of rotatable bonds is 5. The molecule has 2 aliphatic rings. The second-order valence-electron chi connectivity index (χ2n) is 5.86. The Balaban J connectivity index is 2.36. The van der Waals surface area contributed by atoms with Crippen LogP contribution in [-0.2, 0) is 4.74 Å². The largest absolute Gasteiger partial charge is 0.501 e. The summed E-state index contributed by atoms with van der Waals surface area (Å²) in [7, 11) is 1.62. The van der Waals surface area contributed by atoms with Crippen LogP contribution >= 0.6 is 0 Å². The number of aromatic nitrogens is 1. The van der Waals surface area contributed by atoms with Crippen molar-refractivity contribution in [3.05, 3.63) is 40.2 Å². The predicted molar refractivity (Wildman–Crippen MR) is 90.0 cm³/mol. The van der Waals surface area contributed by atoms with Crippen LogP contribution in [0.3, 0.4) is 0 Å². The molecule has 1 unspecified atom stereocenters. The summed E-state index contributed by atoms with van der Waals surface area (Å²) < 4.78 is 7.17. The van der Waals surface area contributed by atoms with Crippen LogP contribution in [0.4, 0.5) is 4.79 Å². The van der Waals surface area contributed by atoms with Crippen molar-refractivity contribution in [1.29, 1.82) is 0 Å². The summed E-state index contributed by atoms with van der Waals surface area (Å²) in [6, 6.07) is -0.256. The van der Waals surface area contributed by atoms with Gasteiger partial charge in [-0.1, -0.05) is 19.4 Å². The number of hydrogen-bond acceptors (Lipinski definition) is 4. The van der Waals surface area contributed by atoms with Gasteiger partial charge in [0.05, 0.1) is 18.8 Å². The molecule has 0 saturated heterocycles. The number of fused-ring (bicyclic) bond motifs is 3. The molecule has 3 rings (SSSR count). The molecule has 0 bridgehead atoms. The van der Waals surface area contributed by atoms with Gasteiger partial charge in [-0.3, -0.25) is 4.98 Å². The molecule has 24 heavy (non-hydrogen) atoms. The fourth-order valence-electron chi connectivity index (χ4n) is 3.18. The van der Waals surface area contributed by atoms with Gasteiger partial charge in [0.15, 0.2) is 5.36 Å². The Kier molecular flexibility index (Phi) is 4.57. The lowest BCUT2D eigenvalue weighted by atomic mass is 10.0. The van der Waals surface area contributed by atoms with Gasteiger partial charge in [0.25, 0.3) is 0 Å². The Morgan fingerprint density at radius 2 is 2.12 bits per heavy atom. The van der Waals surface area contributed by atoms with Gasteiger partial charge in [0.2, 0.25) is 0 Å². The van der Waals surface area contributed by atoms with E-state index in [4.69, 9.17) is 4.74 Å². The van der Waals surface area contributed by atoms with Gasteiger partial charge in [0.1, 0.15) is 11.7 Å². The third kappa shape index (κ3) is 2.47. The molecule has 0 aromatic carbocycles. The number of urea groups is 1. The van der Waals surface area contributed by atoms with E-state index in [0.717, 1.165) is 23.8 Å². The maximum atomic E-state index is 12.8. The van der Waals surface area contributed by atoms with Crippen molar-refractivity contribution < 1.29 is 14.3 Å². The Morgan fingerprint density at radius 3 is 2.79 bits per heavy atom. The molecule has 0 fully saturated rings. The van der Waals surface area contributed by atoms with Crippen LogP contribution in [0.25, 0.3) is 6.08 Å². The number of ether oxygens (including phenoxy) is 1. The minimum atomic E-state index is -0.280. The van der Waals surface area contributed by atoms with Gasteiger partial charge < -0.3 is 4.74 Å². The summed E-state index contributed by atoms with van der Waals surface area (Å²) in [6.07, 6.45) is 8.84. The molecule has 0 saturated carbocycles. The van der Waals surface area contributed by atoms with E-state index in [-0.39, 0.29) is 18.0 Å². The number of hydrogen-bond donors (Lipinski definition) is 0. The number of nitrogens with zero attached hydrogens (tertiary/aromatic N) is 3. The van der Waals surface area contributed by atoms with Crippen LogP contribution in [0.5, 0.6) is 0 Å². The standard InChI is InChI=1S/C18H22N3O3/c1-4-6-10-21-16-12-8-7-9-14(24-3)15(12)19-11-13(16)17(22)20(5-2)18(21)23/h7-9,11,14H,4-6,10H2,1-3H3/q+1. The molecule has 1 aromatic rings. The van der Waals surface area contributed by atoms with Crippen molar-refractivity contribution in [2.24, 2.45) is 0 Å². The van der Waals surface area contributed by atoms with Crippen molar-refractivity contribution in [2.45, 2.75) is 32.8 Å². The molecule has 1 aliphatic heterocycles. The molecule has 0 spiro atoms. The quantitative estimate of drug-likeness (QED) is 0.757. The molecule has 0 N–H and O–H groups in total. The maximum Gasteiger partial charge on any atom is 0.501 e. The van der Waals surface area contributed by atoms with Crippen molar-refractivity contribution in [1.82, 2.24) is 14.5 Å². The monoisotopic (exact) mass is 328 g/mol. The normalized spacial score (nSPS) is 19.2. The smallest absolute Gasteiger partial charge is 0.371 e. The molecular weight excluding hydrogens is 306 g/mol. The Bertz CT molecular complexity index is 842. The van der Waals surface area contributed by atoms with Gasteiger partial charge in [-0.15, -0.1) is 0 Å². The zero-order valence-electron chi connectivity index (χ0n) is 14.3. The number of amides is 3. The summed E-state index contributed by atoms with van der Waals surface area (Å²) in [5.74, 6) is -0.280. The van der Waals surface area contributed by atoms with E-state index in [1.165, 1.54) is 4.90 Å². The summed E-state index contributed by atoms with van der Waals surface area (Å²) in [5, 5.41) is 1.47. The fourth-order valence-corrected chi connectivity index (χ4v) is 3.18. The third-order valence-corrected chi connectivity index (χ3v) is 4.45. The van der Waals surface area contributed by atoms with Gasteiger partial charge in [-0.25, -0.2) is 4.79 Å². The molecule has 2 heterocycles. The minimum Gasteiger partial charge on any atom is -0.371 e. The molecule has 126 valence electrons. The highest BCUT2D eigenvalue weighted by Gasteiger charge is 2.40. The molecule has 3 amide bonds. The van der Waals surface area contributed by atoms with Gasteiger partial charge in [0, 0.05) is 18.5 Å². The van der Waals surface area contributed by atoms with Crippen molar-refractivity contribution in [3.63, 3.8) is 0 Å². The van der Waals surface area contributed by atoms with Gasteiger partial charge in [-0.2, -0.15) is 14.3 Å². The van der Waals surface area contributed by atoms with E-state index in [2.05, 4.69) is 11.9 Å². The average molecular weight is 328 g/mol. The topological polar surface area (TPSA) is 62.5 Å². The Labute approximate surface area is 140 Å². The molecular formula is C18H22N3O3+. The lowest BCUT2D eigenvalue weighted by molar-refractivity contribution is 0.0783. The van der Waals surface area contributed by atoms with E-state index in [9.17, 15) is 9.59 Å². The van der Waals surface area contributed by atoms with E-state index < -0.39 is 0 Å². The number of carbonyl (C=O) groups excluding carboxylic acids is 2. The number of pyridine rings is 1.